The van der Waals surface area contributed by atoms with Crippen LogP contribution in [0.1, 0.15) is 129 Å². The van der Waals surface area contributed by atoms with Crippen LogP contribution in [0, 0.1) is 0 Å². The Morgan fingerprint density at radius 3 is 2.00 bits per heavy atom. The average molecular weight is 501 g/mol. The second-order valence-electron chi connectivity index (χ2n) is 10.6. The van der Waals surface area contributed by atoms with Crippen molar-refractivity contribution in [2.75, 3.05) is 6.61 Å². The van der Waals surface area contributed by atoms with Crippen LogP contribution >= 0.6 is 0 Å². The van der Waals surface area contributed by atoms with Gasteiger partial charge in [-0.15, -0.1) is 0 Å². The zero-order valence-corrected chi connectivity index (χ0v) is 22.1. The third kappa shape index (κ3) is 12.4. The number of cyclic esters (lactones) is 1. The lowest BCUT2D eigenvalue weighted by Crippen LogP contribution is -2.60. The summed E-state index contributed by atoms with van der Waals surface area (Å²) in [5.74, 6) is -0.330. The highest BCUT2D eigenvalue weighted by Gasteiger charge is 2.45. The lowest BCUT2D eigenvalue weighted by molar-refractivity contribution is -0.312. The Bertz CT molecular complexity index is 543. The predicted molar refractivity (Wildman–Crippen MR) is 136 cm³/mol. The van der Waals surface area contributed by atoms with Crippen LogP contribution in [-0.4, -0.2) is 64.7 Å². The van der Waals surface area contributed by atoms with Crippen LogP contribution in [0.3, 0.4) is 0 Å². The fourth-order valence-electron chi connectivity index (χ4n) is 5.09. The minimum atomic E-state index is -1.41. The van der Waals surface area contributed by atoms with Crippen LogP contribution in [0.2, 0.25) is 0 Å². The standard InChI is InChI=1S/C28H52O7/c1-2-3-4-5-6-7-8-9-10-12-15-18-22-19-16-13-11-14-17-20-24(29)33-21-23-25(30)26(31)27(32)28(34-22)35-23/h22-23,25-28,30-32H,2-21H2,1H3. The molecule has 7 heteroatoms. The molecule has 7 nitrogen and oxygen atoms in total. The van der Waals surface area contributed by atoms with Gasteiger partial charge in [0.1, 0.15) is 31.0 Å². The Hall–Kier alpha value is -0.730. The molecule has 0 aromatic rings. The van der Waals surface area contributed by atoms with Crippen LogP contribution in [0.15, 0.2) is 0 Å². The van der Waals surface area contributed by atoms with Crippen molar-refractivity contribution in [2.45, 2.75) is 166 Å². The van der Waals surface area contributed by atoms with Crippen molar-refractivity contribution in [3.63, 3.8) is 0 Å². The third-order valence-corrected chi connectivity index (χ3v) is 7.44. The third-order valence-electron chi connectivity index (χ3n) is 7.44. The van der Waals surface area contributed by atoms with Gasteiger partial charge in [0.05, 0.1) is 6.10 Å². The largest absolute Gasteiger partial charge is 0.463 e. The van der Waals surface area contributed by atoms with Crippen LogP contribution in [0.4, 0.5) is 0 Å². The Balaban J connectivity index is 1.78. The van der Waals surface area contributed by atoms with Crippen molar-refractivity contribution in [1.82, 2.24) is 0 Å². The van der Waals surface area contributed by atoms with E-state index in [-0.39, 0.29) is 18.7 Å². The number of unbranched alkanes of at least 4 members (excludes halogenated alkanes) is 10. The molecule has 2 bridgehead atoms. The maximum absolute atomic E-state index is 12.0. The maximum Gasteiger partial charge on any atom is 0.305 e. The second-order valence-corrected chi connectivity index (χ2v) is 10.6. The molecule has 2 fully saturated rings. The molecule has 0 radical (unpaired) electrons. The summed E-state index contributed by atoms with van der Waals surface area (Å²) >= 11 is 0. The van der Waals surface area contributed by atoms with Gasteiger partial charge in [0.15, 0.2) is 6.29 Å². The molecule has 0 aromatic carbocycles. The van der Waals surface area contributed by atoms with E-state index in [4.69, 9.17) is 14.2 Å². The summed E-state index contributed by atoms with van der Waals surface area (Å²) in [6, 6.07) is 0. The van der Waals surface area contributed by atoms with Gasteiger partial charge in [-0.3, -0.25) is 4.79 Å². The van der Waals surface area contributed by atoms with E-state index in [1.54, 1.807) is 0 Å². The van der Waals surface area contributed by atoms with Gasteiger partial charge in [0.2, 0.25) is 0 Å². The normalized spacial score (nSPS) is 31.4. The van der Waals surface area contributed by atoms with Gasteiger partial charge < -0.3 is 29.5 Å². The Morgan fingerprint density at radius 1 is 0.714 bits per heavy atom. The van der Waals surface area contributed by atoms with Gasteiger partial charge in [-0.25, -0.2) is 0 Å². The minimum Gasteiger partial charge on any atom is -0.463 e. The number of carbonyl (C=O) groups excluding carboxylic acids is 1. The fraction of sp³-hybridized carbons (Fsp3) is 0.964. The molecule has 206 valence electrons. The summed E-state index contributed by atoms with van der Waals surface area (Å²) in [6.45, 7) is 2.09. The highest BCUT2D eigenvalue weighted by molar-refractivity contribution is 5.69. The monoisotopic (exact) mass is 500 g/mol. The minimum absolute atomic E-state index is 0.0658. The number of hydrogen-bond donors (Lipinski definition) is 3. The first kappa shape index (κ1) is 30.5. The molecular formula is C28H52O7. The number of ether oxygens (including phenoxy) is 3. The van der Waals surface area contributed by atoms with Crippen molar-refractivity contribution < 1.29 is 34.3 Å². The van der Waals surface area contributed by atoms with Crippen molar-refractivity contribution in [3.8, 4) is 0 Å². The van der Waals surface area contributed by atoms with E-state index >= 15 is 0 Å². The number of rotatable bonds is 12. The quantitative estimate of drug-likeness (QED) is 0.251. The Labute approximate surface area is 212 Å². The van der Waals surface area contributed by atoms with Gasteiger partial charge in [-0.1, -0.05) is 103 Å². The first-order valence-corrected chi connectivity index (χ1v) is 14.5. The van der Waals surface area contributed by atoms with Crippen molar-refractivity contribution >= 4 is 5.97 Å². The van der Waals surface area contributed by atoms with E-state index in [1.807, 2.05) is 0 Å². The zero-order valence-electron chi connectivity index (χ0n) is 22.1. The smallest absolute Gasteiger partial charge is 0.305 e. The van der Waals surface area contributed by atoms with Gasteiger partial charge in [-0.2, -0.15) is 0 Å². The SMILES string of the molecule is CCCCCCCCCCCCCC1CCCCCCCC(=O)OCC2OC(O1)C(O)C(O)C2O. The van der Waals surface area contributed by atoms with Crippen LogP contribution in [0.5, 0.6) is 0 Å². The van der Waals surface area contributed by atoms with Gasteiger partial charge >= 0.3 is 5.97 Å². The molecular weight excluding hydrogens is 448 g/mol. The lowest BCUT2D eigenvalue weighted by Gasteiger charge is -2.41. The Morgan fingerprint density at radius 2 is 1.31 bits per heavy atom. The summed E-state index contributed by atoms with van der Waals surface area (Å²) < 4.78 is 17.2. The van der Waals surface area contributed by atoms with E-state index < -0.39 is 30.7 Å². The number of aliphatic hydroxyl groups is 3. The van der Waals surface area contributed by atoms with Crippen LogP contribution in [0.25, 0.3) is 0 Å². The summed E-state index contributed by atoms with van der Waals surface area (Å²) in [7, 11) is 0. The van der Waals surface area contributed by atoms with E-state index in [9.17, 15) is 20.1 Å². The number of aliphatic hydroxyl groups excluding tert-OH is 3. The maximum atomic E-state index is 12.0. The molecule has 2 saturated heterocycles. The molecule has 0 aliphatic carbocycles. The number of esters is 1. The molecule has 0 saturated carbocycles. The first-order valence-electron chi connectivity index (χ1n) is 14.5. The molecule has 0 aromatic heterocycles. The summed E-state index contributed by atoms with van der Waals surface area (Å²) in [5, 5.41) is 31.1. The number of fused-ring (bicyclic) bond motifs is 2. The summed E-state index contributed by atoms with van der Waals surface area (Å²) in [6.07, 6.45) is 15.1. The van der Waals surface area contributed by atoms with Crippen molar-refractivity contribution in [1.29, 1.82) is 0 Å². The van der Waals surface area contributed by atoms with Gasteiger partial charge in [0, 0.05) is 6.42 Å². The zero-order chi connectivity index (χ0) is 25.3. The number of carbonyl (C=O) groups is 1. The van der Waals surface area contributed by atoms with Crippen LogP contribution in [-0.2, 0) is 19.0 Å². The summed E-state index contributed by atoms with van der Waals surface area (Å²) in [5.41, 5.74) is 0. The molecule has 6 unspecified atom stereocenters. The molecule has 35 heavy (non-hydrogen) atoms. The molecule has 2 aliphatic heterocycles. The molecule has 2 aliphatic rings. The van der Waals surface area contributed by atoms with E-state index in [2.05, 4.69) is 6.92 Å². The first-order chi connectivity index (χ1) is 17.0. The molecule has 3 N–H and O–H groups in total. The number of hydrogen-bond acceptors (Lipinski definition) is 7. The second kappa shape index (κ2) is 18.5. The van der Waals surface area contributed by atoms with Crippen molar-refractivity contribution in [2.24, 2.45) is 0 Å². The lowest BCUT2D eigenvalue weighted by atomic mass is 9.98. The molecule has 0 amide bonds. The summed E-state index contributed by atoms with van der Waals surface area (Å²) in [4.78, 5) is 12.0. The molecule has 0 spiro atoms. The topological polar surface area (TPSA) is 105 Å². The highest BCUT2D eigenvalue weighted by Crippen LogP contribution is 2.27. The average Bonchev–Trinajstić information content (AvgIpc) is 2.85. The van der Waals surface area contributed by atoms with Gasteiger partial charge in [-0.05, 0) is 19.3 Å². The molecule has 2 heterocycles. The van der Waals surface area contributed by atoms with E-state index in [1.165, 1.54) is 64.2 Å². The highest BCUT2D eigenvalue weighted by atomic mass is 16.7. The van der Waals surface area contributed by atoms with E-state index in [0.29, 0.717) is 6.42 Å². The predicted octanol–water partition coefficient (Wildman–Crippen LogP) is 5.17. The molecule has 6 atom stereocenters. The van der Waals surface area contributed by atoms with Crippen LogP contribution < -0.4 is 0 Å². The van der Waals surface area contributed by atoms with Crippen molar-refractivity contribution in [3.05, 3.63) is 0 Å². The molecule has 2 rings (SSSR count). The Kier molecular flexibility index (Phi) is 16.1. The van der Waals surface area contributed by atoms with E-state index in [0.717, 1.165) is 51.4 Å². The fourth-order valence-corrected chi connectivity index (χ4v) is 5.09. The van der Waals surface area contributed by atoms with Gasteiger partial charge in [0.25, 0.3) is 0 Å².